The second-order valence-corrected chi connectivity index (χ2v) is 4.90. The number of primary amides is 1. The maximum atomic E-state index is 10.4. The van der Waals surface area contributed by atoms with Crippen LogP contribution in [0.4, 0.5) is 4.79 Å². The predicted octanol–water partition coefficient (Wildman–Crippen LogP) is 3.95. The summed E-state index contributed by atoms with van der Waals surface area (Å²) >= 11 is 0. The molecule has 0 aliphatic heterocycles. The van der Waals surface area contributed by atoms with Gasteiger partial charge in [0.2, 0.25) is 0 Å². The Morgan fingerprint density at radius 1 is 1.00 bits per heavy atom. The zero-order valence-electron chi connectivity index (χ0n) is 12.0. The molecular formula is C14H29N3O. The van der Waals surface area contributed by atoms with Crippen molar-refractivity contribution in [2.24, 2.45) is 10.8 Å². The molecule has 0 aliphatic rings. The van der Waals surface area contributed by atoms with Crippen LogP contribution in [0.3, 0.4) is 0 Å². The summed E-state index contributed by atoms with van der Waals surface area (Å²) in [6.45, 7) is 4.16. The van der Waals surface area contributed by atoms with Crippen molar-refractivity contribution in [1.29, 1.82) is 0 Å². The first-order chi connectivity index (χ1) is 8.66. The highest BCUT2D eigenvalue weighted by Gasteiger charge is 1.95. The van der Waals surface area contributed by atoms with Crippen molar-refractivity contribution in [3.8, 4) is 0 Å². The minimum absolute atomic E-state index is 0.596. The van der Waals surface area contributed by atoms with E-state index in [0.29, 0.717) is 0 Å². The van der Waals surface area contributed by atoms with Crippen molar-refractivity contribution in [3.05, 3.63) is 0 Å². The standard InChI is InChI=1S/C14H29N3O/c1-3-4-5-6-7-8-9-10-11-12-13(2)16-17-14(15)18/h3-12H2,1-2H3,(H3,15,17,18)/b16-13+. The maximum Gasteiger partial charge on any atom is 0.332 e. The van der Waals surface area contributed by atoms with Gasteiger partial charge in [0.15, 0.2) is 0 Å². The highest BCUT2D eigenvalue weighted by molar-refractivity contribution is 5.83. The van der Waals surface area contributed by atoms with Crippen molar-refractivity contribution in [2.45, 2.75) is 78.1 Å². The molecular weight excluding hydrogens is 226 g/mol. The number of nitrogens with zero attached hydrogens (tertiary/aromatic N) is 1. The number of nitrogens with two attached hydrogens (primary N) is 1. The zero-order valence-corrected chi connectivity index (χ0v) is 12.0. The number of nitrogens with one attached hydrogen (secondary N) is 1. The van der Waals surface area contributed by atoms with Gasteiger partial charge in [0.05, 0.1) is 0 Å². The molecule has 0 fully saturated rings. The fourth-order valence-electron chi connectivity index (χ4n) is 1.90. The van der Waals surface area contributed by atoms with Gasteiger partial charge >= 0.3 is 6.03 Å². The Labute approximate surface area is 111 Å². The first-order valence-electron chi connectivity index (χ1n) is 7.25. The second-order valence-electron chi connectivity index (χ2n) is 4.90. The summed E-state index contributed by atoms with van der Waals surface area (Å²) in [4.78, 5) is 10.4. The molecule has 0 aromatic rings. The quantitative estimate of drug-likeness (QED) is 0.327. The first-order valence-corrected chi connectivity index (χ1v) is 7.25. The molecule has 0 unspecified atom stereocenters. The van der Waals surface area contributed by atoms with Crippen LogP contribution in [0.1, 0.15) is 78.1 Å². The molecule has 0 saturated heterocycles. The van der Waals surface area contributed by atoms with E-state index in [-0.39, 0.29) is 0 Å². The molecule has 106 valence electrons. The number of urea groups is 1. The van der Waals surface area contributed by atoms with Crippen LogP contribution < -0.4 is 11.2 Å². The lowest BCUT2D eigenvalue weighted by Gasteiger charge is -2.02. The lowest BCUT2D eigenvalue weighted by Crippen LogP contribution is -2.25. The summed E-state index contributed by atoms with van der Waals surface area (Å²) < 4.78 is 0. The highest BCUT2D eigenvalue weighted by atomic mass is 16.2. The smallest absolute Gasteiger partial charge is 0.332 e. The summed E-state index contributed by atoms with van der Waals surface area (Å²) in [6, 6.07) is -0.596. The molecule has 18 heavy (non-hydrogen) atoms. The fraction of sp³-hybridized carbons (Fsp3) is 0.857. The van der Waals surface area contributed by atoms with E-state index < -0.39 is 6.03 Å². The van der Waals surface area contributed by atoms with E-state index in [1.807, 2.05) is 6.92 Å². The molecule has 0 spiro atoms. The summed E-state index contributed by atoms with van der Waals surface area (Å²) in [6.07, 6.45) is 12.8. The number of unbranched alkanes of at least 4 members (excludes halogenated alkanes) is 8. The Hall–Kier alpha value is -1.06. The van der Waals surface area contributed by atoms with Gasteiger partial charge in [0.25, 0.3) is 0 Å². The van der Waals surface area contributed by atoms with E-state index in [0.717, 1.165) is 18.6 Å². The van der Waals surface area contributed by atoms with E-state index >= 15 is 0 Å². The second kappa shape index (κ2) is 12.4. The van der Waals surface area contributed by atoms with E-state index in [1.165, 1.54) is 51.4 Å². The van der Waals surface area contributed by atoms with Crippen LogP contribution in [0.25, 0.3) is 0 Å². The Morgan fingerprint density at radius 3 is 2.00 bits per heavy atom. The van der Waals surface area contributed by atoms with E-state index in [2.05, 4.69) is 17.5 Å². The molecule has 0 aromatic carbocycles. The van der Waals surface area contributed by atoms with E-state index in [1.54, 1.807) is 0 Å². The van der Waals surface area contributed by atoms with Crippen molar-refractivity contribution in [3.63, 3.8) is 0 Å². The third-order valence-electron chi connectivity index (χ3n) is 3.00. The Kier molecular flexibility index (Phi) is 11.7. The van der Waals surface area contributed by atoms with E-state index in [4.69, 9.17) is 5.73 Å². The van der Waals surface area contributed by atoms with Crippen molar-refractivity contribution in [2.75, 3.05) is 0 Å². The number of hydrogen-bond acceptors (Lipinski definition) is 2. The molecule has 0 bridgehead atoms. The van der Waals surface area contributed by atoms with Crippen LogP contribution in [0.2, 0.25) is 0 Å². The SMILES string of the molecule is CCCCCCCCCCC/C(C)=N/NC(N)=O. The lowest BCUT2D eigenvalue weighted by atomic mass is 10.1. The van der Waals surface area contributed by atoms with Gasteiger partial charge in [-0.05, 0) is 19.8 Å². The van der Waals surface area contributed by atoms with Gasteiger partial charge in [-0.25, -0.2) is 10.2 Å². The maximum absolute atomic E-state index is 10.4. The molecule has 0 atom stereocenters. The van der Waals surface area contributed by atoms with Crippen molar-refractivity contribution < 1.29 is 4.79 Å². The minimum Gasteiger partial charge on any atom is -0.350 e. The summed E-state index contributed by atoms with van der Waals surface area (Å²) in [5.41, 5.74) is 8.12. The third kappa shape index (κ3) is 13.0. The molecule has 4 nitrogen and oxygen atoms in total. The average molecular weight is 255 g/mol. The molecule has 0 saturated carbocycles. The van der Waals surface area contributed by atoms with Crippen LogP contribution >= 0.6 is 0 Å². The van der Waals surface area contributed by atoms with Gasteiger partial charge in [-0.1, -0.05) is 58.3 Å². The normalized spacial score (nSPS) is 11.6. The summed E-state index contributed by atoms with van der Waals surface area (Å²) in [5, 5.41) is 3.88. The van der Waals surface area contributed by atoms with Gasteiger partial charge in [-0.15, -0.1) is 0 Å². The van der Waals surface area contributed by atoms with Crippen LogP contribution in [0, 0.1) is 0 Å². The Bertz CT molecular complexity index is 239. The molecule has 0 aliphatic carbocycles. The number of carbonyl (C=O) groups is 1. The molecule has 0 radical (unpaired) electrons. The van der Waals surface area contributed by atoms with E-state index in [9.17, 15) is 4.79 Å². The third-order valence-corrected chi connectivity index (χ3v) is 3.00. The van der Waals surface area contributed by atoms with Crippen LogP contribution in [0.5, 0.6) is 0 Å². The van der Waals surface area contributed by atoms with Gasteiger partial charge in [-0.3, -0.25) is 0 Å². The Morgan fingerprint density at radius 2 is 1.50 bits per heavy atom. The number of carbonyl (C=O) groups excluding carboxylic acids is 1. The number of rotatable bonds is 11. The molecule has 0 aromatic heterocycles. The number of hydrazone groups is 1. The number of hydrogen-bond donors (Lipinski definition) is 2. The lowest BCUT2D eigenvalue weighted by molar-refractivity contribution is 0.249. The first kappa shape index (κ1) is 16.9. The van der Waals surface area contributed by atoms with Crippen molar-refractivity contribution in [1.82, 2.24) is 5.43 Å². The summed E-state index contributed by atoms with van der Waals surface area (Å²) in [7, 11) is 0. The monoisotopic (exact) mass is 255 g/mol. The Balaban J connectivity index is 3.24. The fourth-order valence-corrected chi connectivity index (χ4v) is 1.90. The van der Waals surface area contributed by atoms with Crippen molar-refractivity contribution >= 4 is 11.7 Å². The van der Waals surface area contributed by atoms with Gasteiger partial charge < -0.3 is 5.73 Å². The summed E-state index contributed by atoms with van der Waals surface area (Å²) in [5.74, 6) is 0. The van der Waals surface area contributed by atoms with Crippen LogP contribution in [-0.2, 0) is 0 Å². The zero-order chi connectivity index (χ0) is 13.6. The van der Waals surface area contributed by atoms with Crippen LogP contribution in [-0.4, -0.2) is 11.7 Å². The van der Waals surface area contributed by atoms with Gasteiger partial charge in [0.1, 0.15) is 0 Å². The van der Waals surface area contributed by atoms with Crippen LogP contribution in [0.15, 0.2) is 5.10 Å². The number of amides is 2. The topological polar surface area (TPSA) is 67.5 Å². The molecule has 0 rings (SSSR count). The molecule has 0 heterocycles. The van der Waals surface area contributed by atoms with Gasteiger partial charge in [-0.2, -0.15) is 5.10 Å². The van der Waals surface area contributed by atoms with Gasteiger partial charge in [0, 0.05) is 5.71 Å². The minimum atomic E-state index is -0.596. The molecule has 4 heteroatoms. The average Bonchev–Trinajstić information content (AvgIpc) is 2.34. The molecule has 3 N–H and O–H groups in total. The highest BCUT2D eigenvalue weighted by Crippen LogP contribution is 2.10. The predicted molar refractivity (Wildman–Crippen MR) is 77.7 cm³/mol. The largest absolute Gasteiger partial charge is 0.350 e. The molecule has 2 amide bonds.